The number of carbonyl (C=O) groups excluding carboxylic acids is 1. The van der Waals surface area contributed by atoms with Crippen LogP contribution in [0.5, 0.6) is 11.5 Å². The first-order valence-electron chi connectivity index (χ1n) is 8.77. The van der Waals surface area contributed by atoms with Gasteiger partial charge in [-0.25, -0.2) is 0 Å². The molecule has 136 valence electrons. The monoisotopic (exact) mass is 360 g/mol. The Hall–Kier alpha value is -3.47. The van der Waals surface area contributed by atoms with Crippen molar-refractivity contribution in [1.29, 1.82) is 0 Å². The number of methoxy groups -OCH3 is 1. The third-order valence-electron chi connectivity index (χ3n) is 4.53. The molecule has 1 heterocycles. The minimum Gasteiger partial charge on any atom is -0.497 e. The largest absolute Gasteiger partial charge is 0.497 e. The number of fused-ring (bicyclic) bond motifs is 1. The normalized spacial score (nSPS) is 16.5. The summed E-state index contributed by atoms with van der Waals surface area (Å²) in [6, 6.07) is 24.5. The van der Waals surface area contributed by atoms with E-state index in [1.165, 1.54) is 0 Å². The van der Waals surface area contributed by atoms with E-state index in [4.69, 9.17) is 9.47 Å². The molecular formula is C22H20N2O3. The van der Waals surface area contributed by atoms with Crippen LogP contribution in [0.4, 0.5) is 11.4 Å². The fourth-order valence-corrected chi connectivity index (χ4v) is 3.15. The summed E-state index contributed by atoms with van der Waals surface area (Å²) in [6.45, 7) is 0. The molecule has 0 unspecified atom stereocenters. The molecule has 0 radical (unpaired) electrons. The SMILES string of the molecule is COc1ccc([C@@H](Nc2ccccc2)[C@@H]2Oc3ccccc3NC2=O)cc1. The maximum absolute atomic E-state index is 12.8. The number of carbonyl (C=O) groups is 1. The summed E-state index contributed by atoms with van der Waals surface area (Å²) in [6.07, 6.45) is -0.714. The van der Waals surface area contributed by atoms with Gasteiger partial charge in [0.25, 0.3) is 5.91 Å². The Bertz CT molecular complexity index is 926. The first kappa shape index (κ1) is 17.0. The van der Waals surface area contributed by atoms with Crippen LogP contribution in [0.2, 0.25) is 0 Å². The lowest BCUT2D eigenvalue weighted by Crippen LogP contribution is -2.44. The summed E-state index contributed by atoms with van der Waals surface area (Å²) in [4.78, 5) is 12.8. The number of amides is 1. The van der Waals surface area contributed by atoms with Gasteiger partial charge >= 0.3 is 0 Å². The first-order chi connectivity index (χ1) is 13.2. The van der Waals surface area contributed by atoms with Crippen LogP contribution in [0.15, 0.2) is 78.9 Å². The van der Waals surface area contributed by atoms with Crippen molar-refractivity contribution < 1.29 is 14.3 Å². The number of nitrogens with one attached hydrogen (secondary N) is 2. The number of rotatable bonds is 5. The van der Waals surface area contributed by atoms with Gasteiger partial charge in [-0.2, -0.15) is 0 Å². The lowest BCUT2D eigenvalue weighted by Gasteiger charge is -2.32. The van der Waals surface area contributed by atoms with Gasteiger partial charge in [0.2, 0.25) is 6.10 Å². The molecule has 2 N–H and O–H groups in total. The Kier molecular flexibility index (Phi) is 4.66. The predicted octanol–water partition coefficient (Wildman–Crippen LogP) is 4.25. The third-order valence-corrected chi connectivity index (χ3v) is 4.53. The first-order valence-corrected chi connectivity index (χ1v) is 8.77. The molecule has 0 bridgehead atoms. The fraction of sp³-hybridized carbons (Fsp3) is 0.136. The zero-order valence-corrected chi connectivity index (χ0v) is 14.9. The maximum Gasteiger partial charge on any atom is 0.268 e. The Morgan fingerprint density at radius 2 is 1.67 bits per heavy atom. The molecule has 4 rings (SSSR count). The van der Waals surface area contributed by atoms with Gasteiger partial charge in [0.1, 0.15) is 11.5 Å². The molecular weight excluding hydrogens is 340 g/mol. The summed E-state index contributed by atoms with van der Waals surface area (Å²) in [7, 11) is 1.63. The molecule has 0 aliphatic carbocycles. The maximum atomic E-state index is 12.8. The molecule has 0 spiro atoms. The van der Waals surface area contributed by atoms with Crippen molar-refractivity contribution in [2.45, 2.75) is 12.1 Å². The minimum absolute atomic E-state index is 0.182. The standard InChI is InChI=1S/C22H20N2O3/c1-26-17-13-11-15(12-14-17)20(23-16-7-3-2-4-8-16)21-22(25)24-18-9-5-6-10-19(18)27-21/h2-14,20-21,23H,1H3,(H,24,25)/t20-,21+/m1/s1. The molecule has 27 heavy (non-hydrogen) atoms. The molecule has 1 amide bonds. The second-order valence-electron chi connectivity index (χ2n) is 6.29. The summed E-state index contributed by atoms with van der Waals surface area (Å²) in [5.41, 5.74) is 2.53. The molecule has 3 aromatic carbocycles. The van der Waals surface area contributed by atoms with Crippen molar-refractivity contribution in [1.82, 2.24) is 0 Å². The molecule has 0 aromatic heterocycles. The van der Waals surface area contributed by atoms with E-state index < -0.39 is 6.10 Å². The van der Waals surface area contributed by atoms with Crippen LogP contribution in [0.3, 0.4) is 0 Å². The Morgan fingerprint density at radius 1 is 0.963 bits per heavy atom. The zero-order chi connectivity index (χ0) is 18.6. The van der Waals surface area contributed by atoms with Crippen molar-refractivity contribution in [3.63, 3.8) is 0 Å². The van der Waals surface area contributed by atoms with Crippen molar-refractivity contribution in [3.8, 4) is 11.5 Å². The van der Waals surface area contributed by atoms with Gasteiger partial charge in [0, 0.05) is 5.69 Å². The van der Waals surface area contributed by atoms with E-state index in [1.54, 1.807) is 7.11 Å². The van der Waals surface area contributed by atoms with E-state index in [-0.39, 0.29) is 11.9 Å². The van der Waals surface area contributed by atoms with E-state index in [0.717, 1.165) is 17.0 Å². The van der Waals surface area contributed by atoms with Gasteiger partial charge in [0.15, 0.2) is 0 Å². The number of benzene rings is 3. The molecule has 1 aliphatic rings. The van der Waals surface area contributed by atoms with E-state index in [9.17, 15) is 4.79 Å². The highest BCUT2D eigenvalue weighted by Gasteiger charge is 2.35. The number of hydrogen-bond acceptors (Lipinski definition) is 4. The number of anilines is 2. The van der Waals surface area contributed by atoms with Crippen molar-refractivity contribution in [2.24, 2.45) is 0 Å². The van der Waals surface area contributed by atoms with Gasteiger partial charge in [-0.1, -0.05) is 42.5 Å². The fourth-order valence-electron chi connectivity index (χ4n) is 3.15. The van der Waals surface area contributed by atoms with Gasteiger partial charge < -0.3 is 20.1 Å². The van der Waals surface area contributed by atoms with Gasteiger partial charge in [0.05, 0.1) is 18.8 Å². The average molecular weight is 360 g/mol. The van der Waals surface area contributed by atoms with Crippen LogP contribution in [-0.4, -0.2) is 19.1 Å². The summed E-state index contributed by atoms with van der Waals surface area (Å²) < 4.78 is 11.3. The van der Waals surface area contributed by atoms with Crippen LogP contribution in [0, 0.1) is 0 Å². The number of para-hydroxylation sites is 3. The highest BCUT2D eigenvalue weighted by atomic mass is 16.5. The zero-order valence-electron chi connectivity index (χ0n) is 14.9. The Morgan fingerprint density at radius 3 is 2.41 bits per heavy atom. The summed E-state index contributed by atoms with van der Waals surface area (Å²) >= 11 is 0. The minimum atomic E-state index is -0.714. The molecule has 3 aromatic rings. The van der Waals surface area contributed by atoms with Gasteiger partial charge in [-0.3, -0.25) is 4.79 Å². The average Bonchev–Trinajstić information content (AvgIpc) is 2.72. The lowest BCUT2D eigenvalue weighted by atomic mass is 9.98. The van der Waals surface area contributed by atoms with Crippen LogP contribution in [0.25, 0.3) is 0 Å². The lowest BCUT2D eigenvalue weighted by molar-refractivity contribution is -0.124. The molecule has 0 saturated carbocycles. The van der Waals surface area contributed by atoms with E-state index in [1.807, 2.05) is 78.9 Å². The van der Waals surface area contributed by atoms with Crippen molar-refractivity contribution >= 4 is 17.3 Å². The third kappa shape index (κ3) is 3.58. The van der Waals surface area contributed by atoms with Crippen LogP contribution in [-0.2, 0) is 4.79 Å². The van der Waals surface area contributed by atoms with Gasteiger partial charge in [-0.15, -0.1) is 0 Å². The van der Waals surface area contributed by atoms with Gasteiger partial charge in [-0.05, 0) is 42.0 Å². The molecule has 2 atom stereocenters. The quantitative estimate of drug-likeness (QED) is 0.714. The second-order valence-corrected chi connectivity index (χ2v) is 6.29. The molecule has 5 nitrogen and oxygen atoms in total. The second kappa shape index (κ2) is 7.41. The smallest absolute Gasteiger partial charge is 0.268 e. The van der Waals surface area contributed by atoms with Crippen LogP contribution < -0.4 is 20.1 Å². The topological polar surface area (TPSA) is 59.6 Å². The number of ether oxygens (including phenoxy) is 2. The predicted molar refractivity (Wildman–Crippen MR) is 105 cm³/mol. The molecule has 5 heteroatoms. The summed E-state index contributed by atoms with van der Waals surface area (Å²) in [5, 5.41) is 6.38. The van der Waals surface area contributed by atoms with E-state index >= 15 is 0 Å². The van der Waals surface area contributed by atoms with Crippen molar-refractivity contribution in [2.75, 3.05) is 17.7 Å². The van der Waals surface area contributed by atoms with E-state index in [0.29, 0.717) is 11.4 Å². The molecule has 0 saturated heterocycles. The van der Waals surface area contributed by atoms with Crippen molar-refractivity contribution in [3.05, 3.63) is 84.4 Å². The Balaban J connectivity index is 1.69. The summed E-state index contributed by atoms with van der Waals surface area (Å²) in [5.74, 6) is 1.24. The van der Waals surface area contributed by atoms with Crippen LogP contribution in [0.1, 0.15) is 11.6 Å². The van der Waals surface area contributed by atoms with E-state index in [2.05, 4.69) is 10.6 Å². The highest BCUT2D eigenvalue weighted by Crippen LogP contribution is 2.34. The number of hydrogen-bond donors (Lipinski definition) is 2. The molecule has 0 fully saturated rings. The molecule has 1 aliphatic heterocycles. The highest BCUT2D eigenvalue weighted by molar-refractivity contribution is 5.98. The van der Waals surface area contributed by atoms with Crippen LogP contribution >= 0.6 is 0 Å². The Labute approximate surface area is 157 Å².